The molecule has 29 heavy (non-hydrogen) atoms. The van der Waals surface area contributed by atoms with Gasteiger partial charge in [0.25, 0.3) is 0 Å². The minimum Gasteiger partial charge on any atom is -0.444 e. The number of alkyl halides is 3. The predicted octanol–water partition coefficient (Wildman–Crippen LogP) is 4.57. The van der Waals surface area contributed by atoms with Gasteiger partial charge in [0.05, 0.1) is 23.8 Å². The van der Waals surface area contributed by atoms with Crippen LogP contribution in [0.1, 0.15) is 27.2 Å². The van der Waals surface area contributed by atoms with E-state index in [1.165, 1.54) is 6.20 Å². The summed E-state index contributed by atoms with van der Waals surface area (Å²) in [7, 11) is 0. The lowest BCUT2D eigenvalue weighted by Crippen LogP contribution is -2.54. The minimum atomic E-state index is -4.40. The molecule has 1 N–H and O–H groups in total. The monoisotopic (exact) mass is 430 g/mol. The number of hydrogen-bond acceptors (Lipinski definition) is 5. The number of anilines is 1. The van der Waals surface area contributed by atoms with Crippen LogP contribution < -0.4 is 10.2 Å². The molecule has 0 unspecified atom stereocenters. The number of alkyl carbamates (subject to hydrolysis) is 1. The van der Waals surface area contributed by atoms with Crippen LogP contribution in [-0.2, 0) is 4.74 Å². The van der Waals surface area contributed by atoms with Crippen molar-refractivity contribution >= 4 is 34.3 Å². The van der Waals surface area contributed by atoms with Gasteiger partial charge in [0.2, 0.25) is 0 Å². The molecule has 0 saturated carbocycles. The van der Waals surface area contributed by atoms with Crippen molar-refractivity contribution in [2.24, 2.45) is 5.92 Å². The zero-order valence-corrected chi connectivity index (χ0v) is 17.0. The summed E-state index contributed by atoms with van der Waals surface area (Å²) in [5.41, 5.74) is 0.156. The molecule has 2 aromatic rings. The molecule has 0 bridgehead atoms. The summed E-state index contributed by atoms with van der Waals surface area (Å²) in [4.78, 5) is 21.9. The van der Waals surface area contributed by atoms with Crippen LogP contribution in [0.15, 0.2) is 24.5 Å². The number of hydrogen-bond donors (Lipinski definition) is 1. The van der Waals surface area contributed by atoms with Gasteiger partial charge in [0.15, 0.2) is 5.15 Å². The highest BCUT2D eigenvalue weighted by Crippen LogP contribution is 2.37. The first-order chi connectivity index (χ1) is 13.4. The minimum absolute atomic E-state index is 0.178. The number of fused-ring (bicyclic) bond motifs is 1. The van der Waals surface area contributed by atoms with Gasteiger partial charge in [-0.1, -0.05) is 11.6 Å². The summed E-state index contributed by atoms with van der Waals surface area (Å²) >= 11 is 6.08. The van der Waals surface area contributed by atoms with Gasteiger partial charge < -0.3 is 15.0 Å². The number of nitrogens with zero attached hydrogens (tertiary/aromatic N) is 3. The lowest BCUT2D eigenvalue weighted by atomic mass is 9.93. The summed E-state index contributed by atoms with van der Waals surface area (Å²) in [5, 5.41) is 3.35. The number of carbonyl (C=O) groups excluding carboxylic acids is 1. The molecule has 0 spiro atoms. The van der Waals surface area contributed by atoms with E-state index >= 15 is 0 Å². The lowest BCUT2D eigenvalue weighted by molar-refractivity contribution is -0.177. The zero-order valence-electron chi connectivity index (χ0n) is 16.3. The van der Waals surface area contributed by atoms with Crippen LogP contribution in [0, 0.1) is 5.92 Å². The van der Waals surface area contributed by atoms with Crippen LogP contribution in [0.2, 0.25) is 5.15 Å². The first-order valence-corrected chi connectivity index (χ1v) is 9.52. The van der Waals surface area contributed by atoms with Gasteiger partial charge in [0.1, 0.15) is 11.1 Å². The molecule has 6 nitrogen and oxygen atoms in total. The molecular weight excluding hydrogens is 409 g/mol. The maximum absolute atomic E-state index is 13.6. The van der Waals surface area contributed by atoms with E-state index in [1.807, 2.05) is 0 Å². The molecule has 3 heterocycles. The molecule has 10 heteroatoms. The number of rotatable bonds is 2. The number of pyridine rings is 2. The molecule has 1 saturated heterocycles. The van der Waals surface area contributed by atoms with E-state index < -0.39 is 29.8 Å². The Labute approximate surface area is 171 Å². The smallest absolute Gasteiger partial charge is 0.407 e. The molecule has 0 aliphatic carbocycles. The third-order valence-corrected chi connectivity index (χ3v) is 4.83. The number of piperidine rings is 1. The fraction of sp³-hybridized carbons (Fsp3) is 0.526. The zero-order chi connectivity index (χ0) is 21.4. The second kappa shape index (κ2) is 7.85. The fourth-order valence-corrected chi connectivity index (χ4v) is 3.59. The van der Waals surface area contributed by atoms with Crippen molar-refractivity contribution in [3.63, 3.8) is 0 Å². The lowest BCUT2D eigenvalue weighted by Gasteiger charge is -2.40. The Kier molecular flexibility index (Phi) is 5.80. The fourth-order valence-electron chi connectivity index (χ4n) is 3.39. The number of halogens is 4. The Balaban J connectivity index is 1.90. The molecule has 2 aromatic heterocycles. The number of carbonyl (C=O) groups is 1. The average Bonchev–Trinajstić information content (AvgIpc) is 2.59. The number of aromatic nitrogens is 2. The van der Waals surface area contributed by atoms with Crippen molar-refractivity contribution in [3.8, 4) is 0 Å². The first kappa shape index (κ1) is 21.4. The van der Waals surface area contributed by atoms with Crippen LogP contribution in [0.4, 0.5) is 23.7 Å². The van der Waals surface area contributed by atoms with Crippen molar-refractivity contribution in [2.75, 3.05) is 18.0 Å². The van der Waals surface area contributed by atoms with Gasteiger partial charge in [-0.15, -0.1) is 0 Å². The van der Waals surface area contributed by atoms with Crippen LogP contribution in [0.25, 0.3) is 10.9 Å². The normalized spacial score (nSPS) is 20.6. The van der Waals surface area contributed by atoms with E-state index in [4.69, 9.17) is 16.3 Å². The standard InChI is InChI=1S/C19H22ClF3N4O2/c1-18(2,3)29-17(28)26-12-7-11(19(21,22)23)9-27(10-12)14-8-25-16(20)15-13(14)5-4-6-24-15/h4-6,8,11-12H,7,9-10H2,1-3H3,(H,26,28)/t11-,12+/m0/s1. The van der Waals surface area contributed by atoms with Gasteiger partial charge in [-0.05, 0) is 39.3 Å². The topological polar surface area (TPSA) is 67.3 Å². The molecule has 2 atom stereocenters. The third-order valence-electron chi connectivity index (χ3n) is 4.55. The maximum atomic E-state index is 13.6. The predicted molar refractivity (Wildman–Crippen MR) is 104 cm³/mol. The third kappa shape index (κ3) is 5.20. The Hall–Kier alpha value is -2.29. The Morgan fingerprint density at radius 1 is 1.28 bits per heavy atom. The molecule has 1 fully saturated rings. The van der Waals surface area contributed by atoms with Crippen molar-refractivity contribution in [1.29, 1.82) is 0 Å². The highest BCUT2D eigenvalue weighted by atomic mass is 35.5. The molecule has 0 radical (unpaired) electrons. The SMILES string of the molecule is CC(C)(C)OC(=O)N[C@@H]1C[C@H](C(F)(F)F)CN(c2cnc(Cl)c3ncccc23)C1. The second-order valence-electron chi connectivity index (χ2n) is 8.06. The van der Waals surface area contributed by atoms with Crippen LogP contribution in [0.3, 0.4) is 0 Å². The number of ether oxygens (including phenoxy) is 1. The molecule has 0 aromatic carbocycles. The van der Waals surface area contributed by atoms with E-state index in [1.54, 1.807) is 44.0 Å². The summed E-state index contributed by atoms with van der Waals surface area (Å²) in [6, 6.07) is 2.68. The number of amides is 1. The quantitative estimate of drug-likeness (QED) is 0.707. The summed E-state index contributed by atoms with van der Waals surface area (Å²) in [6.07, 6.45) is -2.39. The van der Waals surface area contributed by atoms with Crippen LogP contribution in [0.5, 0.6) is 0 Å². The van der Waals surface area contributed by atoms with Crippen molar-refractivity contribution in [3.05, 3.63) is 29.7 Å². The van der Waals surface area contributed by atoms with Crippen LogP contribution in [-0.4, -0.2) is 47.0 Å². The number of nitrogens with one attached hydrogen (secondary N) is 1. The van der Waals surface area contributed by atoms with Gasteiger partial charge in [-0.3, -0.25) is 4.98 Å². The highest BCUT2D eigenvalue weighted by Gasteiger charge is 2.45. The van der Waals surface area contributed by atoms with Gasteiger partial charge in [-0.25, -0.2) is 9.78 Å². The Morgan fingerprint density at radius 3 is 2.66 bits per heavy atom. The maximum Gasteiger partial charge on any atom is 0.407 e. The van der Waals surface area contributed by atoms with Crippen LogP contribution >= 0.6 is 11.6 Å². The van der Waals surface area contributed by atoms with Crippen molar-refractivity contribution in [2.45, 2.75) is 45.0 Å². The van der Waals surface area contributed by atoms with E-state index in [2.05, 4.69) is 15.3 Å². The van der Waals surface area contributed by atoms with Crippen molar-refractivity contribution < 1.29 is 22.7 Å². The first-order valence-electron chi connectivity index (χ1n) is 9.14. The largest absolute Gasteiger partial charge is 0.444 e. The molecular formula is C19H22ClF3N4O2. The molecule has 1 aliphatic heterocycles. The summed E-state index contributed by atoms with van der Waals surface area (Å²) < 4.78 is 45.9. The highest BCUT2D eigenvalue weighted by molar-refractivity contribution is 6.34. The second-order valence-corrected chi connectivity index (χ2v) is 8.41. The van der Waals surface area contributed by atoms with E-state index in [0.29, 0.717) is 16.6 Å². The summed E-state index contributed by atoms with van der Waals surface area (Å²) in [6.45, 7) is 5.01. The van der Waals surface area contributed by atoms with E-state index in [9.17, 15) is 18.0 Å². The average molecular weight is 431 g/mol. The van der Waals surface area contributed by atoms with Gasteiger partial charge >= 0.3 is 12.3 Å². The molecule has 3 rings (SSSR count). The van der Waals surface area contributed by atoms with E-state index in [0.717, 1.165) is 0 Å². The van der Waals surface area contributed by atoms with E-state index in [-0.39, 0.29) is 24.7 Å². The van der Waals surface area contributed by atoms with Crippen molar-refractivity contribution in [1.82, 2.24) is 15.3 Å². The van der Waals surface area contributed by atoms with Gasteiger partial charge in [-0.2, -0.15) is 13.2 Å². The van der Waals surface area contributed by atoms with Gasteiger partial charge in [0, 0.05) is 24.7 Å². The molecule has 158 valence electrons. The summed E-state index contributed by atoms with van der Waals surface area (Å²) in [5.74, 6) is -1.61. The molecule has 1 amide bonds. The Morgan fingerprint density at radius 2 is 2.00 bits per heavy atom. The Bertz CT molecular complexity index is 901. The molecule has 1 aliphatic rings.